The normalized spacial score (nSPS) is 35.6. The minimum atomic E-state index is -0.107. The summed E-state index contributed by atoms with van der Waals surface area (Å²) in [5.41, 5.74) is 0.172. The van der Waals surface area contributed by atoms with Gasteiger partial charge in [0.1, 0.15) is 0 Å². The van der Waals surface area contributed by atoms with Gasteiger partial charge in [0.2, 0.25) is 0 Å². The summed E-state index contributed by atoms with van der Waals surface area (Å²) in [6, 6.07) is 0. The molecule has 3 atom stereocenters. The van der Waals surface area contributed by atoms with Crippen molar-refractivity contribution in [3.05, 3.63) is 0 Å². The molecule has 2 heterocycles. The van der Waals surface area contributed by atoms with E-state index in [1.165, 1.54) is 24.3 Å². The molecular weight excluding hydrogens is 232 g/mol. The van der Waals surface area contributed by atoms with Crippen LogP contribution < -0.4 is 0 Å². The maximum absolute atomic E-state index is 10.1. The summed E-state index contributed by atoms with van der Waals surface area (Å²) < 4.78 is 6.02. The maximum atomic E-state index is 10.1. The van der Waals surface area contributed by atoms with Crippen LogP contribution in [0, 0.1) is 11.8 Å². The number of thioether (sulfide) groups is 1. The lowest BCUT2D eigenvalue weighted by atomic mass is 9.81. The van der Waals surface area contributed by atoms with E-state index in [4.69, 9.17) is 4.74 Å². The van der Waals surface area contributed by atoms with E-state index in [0.717, 1.165) is 25.9 Å². The molecule has 100 valence electrons. The van der Waals surface area contributed by atoms with Crippen LogP contribution in [0.5, 0.6) is 0 Å². The molecule has 2 fully saturated rings. The summed E-state index contributed by atoms with van der Waals surface area (Å²) in [7, 11) is 0. The van der Waals surface area contributed by atoms with Gasteiger partial charge in [-0.05, 0) is 49.7 Å². The minimum absolute atomic E-state index is 0.107. The number of hydrogen-bond donors (Lipinski definition) is 1. The molecule has 0 bridgehead atoms. The Labute approximate surface area is 110 Å². The predicted octanol–water partition coefficient (Wildman–Crippen LogP) is 3.09. The third kappa shape index (κ3) is 3.87. The Morgan fingerprint density at radius 1 is 1.47 bits per heavy atom. The van der Waals surface area contributed by atoms with Crippen molar-refractivity contribution < 1.29 is 9.84 Å². The summed E-state index contributed by atoms with van der Waals surface area (Å²) in [5.74, 6) is 3.70. The molecule has 1 spiro atoms. The Hall–Kier alpha value is 0.270. The van der Waals surface area contributed by atoms with Crippen LogP contribution >= 0.6 is 11.8 Å². The van der Waals surface area contributed by atoms with Gasteiger partial charge < -0.3 is 9.84 Å². The fourth-order valence-electron chi connectivity index (χ4n) is 3.22. The molecule has 0 aromatic rings. The Morgan fingerprint density at radius 3 is 2.94 bits per heavy atom. The monoisotopic (exact) mass is 258 g/mol. The zero-order valence-corrected chi connectivity index (χ0v) is 12.0. The molecule has 0 aromatic carbocycles. The van der Waals surface area contributed by atoms with Crippen LogP contribution in [0.25, 0.3) is 0 Å². The molecule has 2 rings (SSSR count). The number of aliphatic hydroxyl groups excluding tert-OH is 1. The summed E-state index contributed by atoms with van der Waals surface area (Å²) in [4.78, 5) is 0. The highest BCUT2D eigenvalue weighted by Crippen LogP contribution is 2.41. The molecule has 17 heavy (non-hydrogen) atoms. The lowest BCUT2D eigenvalue weighted by molar-refractivity contribution is -0.0859. The molecule has 2 aliphatic rings. The zero-order chi connectivity index (χ0) is 12.3. The lowest BCUT2D eigenvalue weighted by Crippen LogP contribution is -2.40. The fourth-order valence-corrected chi connectivity index (χ4v) is 4.60. The van der Waals surface area contributed by atoms with Crippen molar-refractivity contribution in [2.45, 2.75) is 57.7 Å². The van der Waals surface area contributed by atoms with E-state index in [1.807, 2.05) is 11.8 Å². The molecule has 0 radical (unpaired) electrons. The van der Waals surface area contributed by atoms with Crippen LogP contribution in [0.15, 0.2) is 0 Å². The SMILES string of the molecule is CC(C)CC(O)CC1CCOC2(CCSC2)C1. The highest BCUT2D eigenvalue weighted by atomic mass is 32.2. The third-order valence-corrected chi connectivity index (χ3v) is 5.23. The van der Waals surface area contributed by atoms with Gasteiger partial charge in [-0.15, -0.1) is 0 Å². The van der Waals surface area contributed by atoms with Crippen LogP contribution in [-0.2, 0) is 4.74 Å². The molecule has 1 N–H and O–H groups in total. The zero-order valence-electron chi connectivity index (χ0n) is 11.2. The van der Waals surface area contributed by atoms with Crippen molar-refractivity contribution in [3.63, 3.8) is 0 Å². The lowest BCUT2D eigenvalue weighted by Gasteiger charge is -2.38. The molecule has 0 aliphatic carbocycles. The molecule has 2 saturated heterocycles. The minimum Gasteiger partial charge on any atom is -0.393 e. The Morgan fingerprint density at radius 2 is 2.29 bits per heavy atom. The average molecular weight is 258 g/mol. The first kappa shape index (κ1) is 13.7. The standard InChI is InChI=1S/C14H26O2S/c1-11(2)7-13(15)8-12-3-5-16-14(9-12)4-6-17-10-14/h11-13,15H,3-10H2,1-2H3. The second-order valence-corrected chi connectivity index (χ2v) is 7.32. The second kappa shape index (κ2) is 5.94. The largest absolute Gasteiger partial charge is 0.393 e. The van der Waals surface area contributed by atoms with Crippen molar-refractivity contribution in [2.24, 2.45) is 11.8 Å². The van der Waals surface area contributed by atoms with Gasteiger partial charge in [-0.3, -0.25) is 0 Å². The van der Waals surface area contributed by atoms with Gasteiger partial charge >= 0.3 is 0 Å². The fraction of sp³-hybridized carbons (Fsp3) is 1.00. The Balaban J connectivity index is 1.81. The van der Waals surface area contributed by atoms with E-state index in [2.05, 4.69) is 13.8 Å². The highest BCUT2D eigenvalue weighted by molar-refractivity contribution is 7.99. The molecule has 0 aromatic heterocycles. The highest BCUT2D eigenvalue weighted by Gasteiger charge is 2.40. The van der Waals surface area contributed by atoms with Gasteiger partial charge in [-0.1, -0.05) is 13.8 Å². The van der Waals surface area contributed by atoms with Crippen LogP contribution in [-0.4, -0.2) is 34.9 Å². The van der Waals surface area contributed by atoms with Crippen LogP contribution in [0.3, 0.4) is 0 Å². The van der Waals surface area contributed by atoms with E-state index in [0.29, 0.717) is 11.8 Å². The quantitative estimate of drug-likeness (QED) is 0.840. The van der Waals surface area contributed by atoms with Gasteiger partial charge in [0.15, 0.2) is 0 Å². The van der Waals surface area contributed by atoms with Crippen LogP contribution in [0.1, 0.15) is 46.0 Å². The summed E-state index contributed by atoms with van der Waals surface area (Å²) >= 11 is 2.02. The number of ether oxygens (including phenoxy) is 1. The van der Waals surface area contributed by atoms with Crippen LogP contribution in [0.2, 0.25) is 0 Å². The number of rotatable bonds is 4. The van der Waals surface area contributed by atoms with E-state index in [1.54, 1.807) is 0 Å². The van der Waals surface area contributed by atoms with Crippen molar-refractivity contribution in [3.8, 4) is 0 Å². The van der Waals surface area contributed by atoms with Gasteiger partial charge in [-0.2, -0.15) is 11.8 Å². The molecule has 0 saturated carbocycles. The third-order valence-electron chi connectivity index (χ3n) is 4.01. The number of hydrogen-bond acceptors (Lipinski definition) is 3. The first-order valence-electron chi connectivity index (χ1n) is 6.99. The number of aliphatic hydroxyl groups is 1. The molecule has 3 unspecified atom stereocenters. The van der Waals surface area contributed by atoms with Gasteiger partial charge in [0.25, 0.3) is 0 Å². The molecule has 2 aliphatic heterocycles. The Bertz CT molecular complexity index is 236. The Kier molecular flexibility index (Phi) is 4.79. The summed E-state index contributed by atoms with van der Waals surface area (Å²) in [6.45, 7) is 5.27. The average Bonchev–Trinajstić information content (AvgIpc) is 2.64. The first-order chi connectivity index (χ1) is 8.10. The van der Waals surface area contributed by atoms with Gasteiger partial charge in [-0.25, -0.2) is 0 Å². The van der Waals surface area contributed by atoms with E-state index >= 15 is 0 Å². The van der Waals surface area contributed by atoms with E-state index < -0.39 is 0 Å². The molecule has 3 heteroatoms. The van der Waals surface area contributed by atoms with Gasteiger partial charge in [0, 0.05) is 12.4 Å². The molecule has 0 amide bonds. The van der Waals surface area contributed by atoms with Crippen molar-refractivity contribution in [1.82, 2.24) is 0 Å². The van der Waals surface area contributed by atoms with Gasteiger partial charge in [0.05, 0.1) is 11.7 Å². The second-order valence-electron chi connectivity index (χ2n) is 6.21. The first-order valence-corrected chi connectivity index (χ1v) is 8.15. The summed E-state index contributed by atoms with van der Waals surface area (Å²) in [6.07, 6.45) is 5.35. The van der Waals surface area contributed by atoms with Crippen molar-refractivity contribution >= 4 is 11.8 Å². The summed E-state index contributed by atoms with van der Waals surface area (Å²) in [5, 5.41) is 10.1. The maximum Gasteiger partial charge on any atom is 0.0783 e. The van der Waals surface area contributed by atoms with Crippen molar-refractivity contribution in [2.75, 3.05) is 18.1 Å². The molecule has 2 nitrogen and oxygen atoms in total. The topological polar surface area (TPSA) is 29.5 Å². The van der Waals surface area contributed by atoms with Crippen LogP contribution in [0.4, 0.5) is 0 Å². The smallest absolute Gasteiger partial charge is 0.0783 e. The molecular formula is C14H26O2S. The van der Waals surface area contributed by atoms with E-state index in [9.17, 15) is 5.11 Å². The van der Waals surface area contributed by atoms with Crippen molar-refractivity contribution in [1.29, 1.82) is 0 Å². The van der Waals surface area contributed by atoms with E-state index in [-0.39, 0.29) is 11.7 Å². The predicted molar refractivity (Wildman–Crippen MR) is 73.4 cm³/mol.